The number of Topliss-reactive ketones (excluding diaryl/α,β-unsaturated/α-hetero) is 2. The Morgan fingerprint density at radius 2 is 1.92 bits per heavy atom. The quantitative estimate of drug-likeness (QED) is 0.474. The molecule has 26 heavy (non-hydrogen) atoms. The van der Waals surface area contributed by atoms with E-state index in [2.05, 4.69) is 4.98 Å². The lowest BCUT2D eigenvalue weighted by molar-refractivity contribution is -0.119. The van der Waals surface area contributed by atoms with Gasteiger partial charge in [0.25, 0.3) is 0 Å². The second kappa shape index (κ2) is 4.27. The third kappa shape index (κ3) is 1.41. The molecule has 3 aliphatic carbocycles. The van der Waals surface area contributed by atoms with Gasteiger partial charge in [-0.3, -0.25) is 9.59 Å². The first-order valence-corrected chi connectivity index (χ1v) is 7.88. The Morgan fingerprint density at radius 1 is 1.19 bits per heavy atom. The van der Waals surface area contributed by atoms with Gasteiger partial charge < -0.3 is 20.1 Å². The molecule has 128 valence electrons. The van der Waals surface area contributed by atoms with Crippen molar-refractivity contribution in [1.29, 1.82) is 5.39 Å². The van der Waals surface area contributed by atoms with Crippen molar-refractivity contribution in [2.24, 2.45) is 0 Å². The second-order valence-electron chi connectivity index (χ2n) is 6.78. The van der Waals surface area contributed by atoms with Crippen LogP contribution in [0.4, 0.5) is 0 Å². The molecule has 3 atom stereocenters. The topological polar surface area (TPSA) is 136 Å². The summed E-state index contributed by atoms with van der Waals surface area (Å²) < 4.78 is 5.33. The molecule has 8 nitrogen and oxygen atoms in total. The number of aliphatic hydroxyl groups is 2. The van der Waals surface area contributed by atoms with Crippen LogP contribution in [0.2, 0.25) is 0 Å². The maximum absolute atomic E-state index is 13.0. The number of rotatable bonds is 0. The predicted octanol–water partition coefficient (Wildman–Crippen LogP) is 1.38. The molecule has 0 spiro atoms. The molecule has 1 aliphatic heterocycles. The van der Waals surface area contributed by atoms with E-state index in [1.807, 2.05) is 0 Å². The zero-order chi connectivity index (χ0) is 18.5. The fourth-order valence-corrected chi connectivity index (χ4v) is 4.14. The van der Waals surface area contributed by atoms with Crippen LogP contribution in [-0.2, 0) is 9.53 Å². The van der Waals surface area contributed by atoms with Gasteiger partial charge in [0.1, 0.15) is 34.9 Å². The number of hydrogen-bond acceptors (Lipinski definition) is 7. The summed E-state index contributed by atoms with van der Waals surface area (Å²) in [6.45, 7) is 1.51. The number of phenolic OH excluding ortho intramolecular Hbond substituents is 1. The molecule has 5 rings (SSSR count). The molecule has 0 aromatic heterocycles. The van der Waals surface area contributed by atoms with Crippen molar-refractivity contribution in [2.75, 3.05) is 0 Å². The predicted molar refractivity (Wildman–Crippen MR) is 85.4 cm³/mol. The number of carbonyl (C=O) groups excluding carboxylic acids is 2. The first-order valence-electron chi connectivity index (χ1n) is 7.88. The van der Waals surface area contributed by atoms with Crippen LogP contribution in [0.3, 0.4) is 0 Å². The number of ketones is 2. The number of aliphatic hydroxyl groups excluding tert-OH is 2. The van der Waals surface area contributed by atoms with Gasteiger partial charge in [-0.1, -0.05) is 12.1 Å². The fraction of sp³-hybridized carbons (Fsp3) is 0.222. The number of fused-ring (bicyclic) bond motifs is 4. The number of carbonyl (C=O) groups is 2. The highest BCUT2D eigenvalue weighted by molar-refractivity contribution is 6.25. The van der Waals surface area contributed by atoms with Gasteiger partial charge in [-0.05, 0) is 13.0 Å². The van der Waals surface area contributed by atoms with Crippen LogP contribution in [0.5, 0.6) is 5.75 Å². The highest BCUT2D eigenvalue weighted by Gasteiger charge is 2.70. The third-order valence-electron chi connectivity index (χ3n) is 5.47. The van der Waals surface area contributed by atoms with Crippen LogP contribution in [-0.4, -0.2) is 44.7 Å². The van der Waals surface area contributed by atoms with Gasteiger partial charge in [-0.15, -0.1) is 0 Å². The Labute approximate surface area is 145 Å². The second-order valence-corrected chi connectivity index (χ2v) is 6.78. The molecule has 1 fully saturated rings. The Hall–Kier alpha value is -3.28. The standard InChI is InChI=1S/C18H10N2O6/c1-18-16(25)11-9(15(24)17(18)26-18)8-10(12(11)20-19)14(23)7-5(13(8)22)3-2-4-6(7)21/h2-4,15,17,24H,1H3,(H-,21,22,23,25)/p+1. The van der Waals surface area contributed by atoms with Gasteiger partial charge in [0.05, 0.1) is 5.56 Å². The summed E-state index contributed by atoms with van der Waals surface area (Å²) >= 11 is 0. The Morgan fingerprint density at radius 3 is 2.62 bits per heavy atom. The van der Waals surface area contributed by atoms with Crippen molar-refractivity contribution in [3.8, 4) is 5.75 Å². The van der Waals surface area contributed by atoms with E-state index in [9.17, 15) is 30.3 Å². The van der Waals surface area contributed by atoms with Crippen LogP contribution in [0.25, 0.3) is 10.7 Å². The summed E-state index contributed by atoms with van der Waals surface area (Å²) in [5.41, 5.74) is -2.08. The lowest BCUT2D eigenvalue weighted by Crippen LogP contribution is -2.38. The van der Waals surface area contributed by atoms with E-state index >= 15 is 0 Å². The van der Waals surface area contributed by atoms with E-state index in [0.29, 0.717) is 0 Å². The minimum absolute atomic E-state index is 0.0117. The number of allylic oxidation sites excluding steroid dienone is 2. The van der Waals surface area contributed by atoms with Crippen LogP contribution in [0, 0.1) is 5.39 Å². The van der Waals surface area contributed by atoms with Crippen molar-refractivity contribution in [2.45, 2.75) is 24.7 Å². The van der Waals surface area contributed by atoms with Crippen molar-refractivity contribution >= 4 is 17.3 Å². The molecule has 0 bridgehead atoms. The van der Waals surface area contributed by atoms with Crippen LogP contribution in [0.15, 0.2) is 46.2 Å². The van der Waals surface area contributed by atoms with E-state index < -0.39 is 29.4 Å². The largest absolute Gasteiger partial charge is 0.507 e. The maximum Gasteiger partial charge on any atom is 0.408 e. The van der Waals surface area contributed by atoms with Crippen molar-refractivity contribution in [3.63, 3.8) is 0 Å². The molecule has 1 aromatic rings. The lowest BCUT2D eigenvalue weighted by Gasteiger charge is -2.23. The molecule has 3 N–H and O–H groups in total. The number of ether oxygens (including phenoxy) is 1. The summed E-state index contributed by atoms with van der Waals surface area (Å²) in [5, 5.41) is 40.9. The number of diazo groups is 1. The van der Waals surface area contributed by atoms with E-state index in [1.54, 1.807) is 0 Å². The zero-order valence-corrected chi connectivity index (χ0v) is 13.3. The van der Waals surface area contributed by atoms with E-state index in [-0.39, 0.29) is 50.6 Å². The average molecular weight is 351 g/mol. The molecular formula is C18H11N2O6+. The van der Waals surface area contributed by atoms with Gasteiger partial charge >= 0.3 is 5.70 Å². The molecule has 1 saturated heterocycles. The Balaban J connectivity index is 1.89. The smallest absolute Gasteiger partial charge is 0.408 e. The van der Waals surface area contributed by atoms with E-state index in [4.69, 9.17) is 4.74 Å². The summed E-state index contributed by atoms with van der Waals surface area (Å²) in [4.78, 5) is 28.9. The highest BCUT2D eigenvalue weighted by Crippen LogP contribution is 2.57. The molecule has 0 radical (unpaired) electrons. The summed E-state index contributed by atoms with van der Waals surface area (Å²) in [5.74, 6) is -1.96. The molecule has 4 aliphatic rings. The van der Waals surface area contributed by atoms with Crippen molar-refractivity contribution in [1.82, 2.24) is 0 Å². The molecule has 0 amide bonds. The molecular weight excluding hydrogens is 340 g/mol. The number of hydrogen-bond donors (Lipinski definition) is 3. The molecule has 0 saturated carbocycles. The zero-order valence-electron chi connectivity index (χ0n) is 13.3. The van der Waals surface area contributed by atoms with Crippen molar-refractivity contribution < 1.29 is 29.6 Å². The number of epoxide rings is 1. The first-order chi connectivity index (χ1) is 12.3. The third-order valence-corrected chi connectivity index (χ3v) is 5.47. The van der Waals surface area contributed by atoms with E-state index in [0.717, 1.165) is 0 Å². The minimum Gasteiger partial charge on any atom is -0.507 e. The van der Waals surface area contributed by atoms with Gasteiger partial charge in [-0.2, -0.15) is 0 Å². The number of nitrogens with zero attached hydrogens (tertiary/aromatic N) is 2. The number of phenols is 1. The summed E-state index contributed by atoms with van der Waals surface area (Å²) in [6.07, 6.45) is -2.07. The monoisotopic (exact) mass is 351 g/mol. The minimum atomic E-state index is -1.27. The fourth-order valence-electron chi connectivity index (χ4n) is 4.14. The summed E-state index contributed by atoms with van der Waals surface area (Å²) in [6, 6.07) is 4.19. The number of aromatic hydroxyl groups is 1. The summed E-state index contributed by atoms with van der Waals surface area (Å²) in [7, 11) is 0. The Kier molecular flexibility index (Phi) is 2.47. The van der Waals surface area contributed by atoms with Crippen LogP contribution in [0.1, 0.15) is 22.8 Å². The highest BCUT2D eigenvalue weighted by atomic mass is 16.6. The molecule has 8 heteroatoms. The normalized spacial score (nSPS) is 31.4. The van der Waals surface area contributed by atoms with Crippen molar-refractivity contribution in [3.05, 3.63) is 62.3 Å². The maximum atomic E-state index is 13.0. The lowest BCUT2D eigenvalue weighted by atomic mass is 9.78. The van der Waals surface area contributed by atoms with Crippen LogP contribution >= 0.6 is 0 Å². The molecule has 1 heterocycles. The molecule has 1 aromatic carbocycles. The Bertz CT molecular complexity index is 1120. The van der Waals surface area contributed by atoms with Gasteiger partial charge in [0.2, 0.25) is 17.0 Å². The molecule has 3 unspecified atom stereocenters. The van der Waals surface area contributed by atoms with E-state index in [1.165, 1.54) is 25.1 Å². The van der Waals surface area contributed by atoms with Gasteiger partial charge in [0, 0.05) is 16.7 Å². The van der Waals surface area contributed by atoms with Gasteiger partial charge in [-0.25, -0.2) is 0 Å². The first kappa shape index (κ1) is 15.0. The SMILES string of the molecule is CC12OC1C(O)C1=C(C2=O)C([N+]#N)=C2C(=O)c3c(O)cccc3C(O)=C21. The van der Waals surface area contributed by atoms with Crippen LogP contribution < -0.4 is 0 Å². The van der Waals surface area contributed by atoms with Gasteiger partial charge in [0.15, 0.2) is 10.6 Å². The number of benzene rings is 1. The average Bonchev–Trinajstić information content (AvgIpc) is 3.20.